The summed E-state index contributed by atoms with van der Waals surface area (Å²) in [5.41, 5.74) is 5.03. The predicted molar refractivity (Wildman–Crippen MR) is 67.7 cm³/mol. The zero-order valence-electron chi connectivity index (χ0n) is 11.1. The average Bonchev–Trinajstić information content (AvgIpc) is 2.88. The molecule has 3 nitrogen and oxygen atoms in total. The topological polar surface area (TPSA) is 52.3 Å². The molecule has 5 fully saturated rings. The van der Waals surface area contributed by atoms with Crippen LogP contribution in [0.5, 0.6) is 0 Å². The van der Waals surface area contributed by atoms with Crippen LogP contribution in [0.25, 0.3) is 0 Å². The number of rotatable bonds is 1. The Kier molecular flexibility index (Phi) is 2.12. The first kappa shape index (κ1) is 11.1. The smallest absolute Gasteiger partial charge is 0.405 e. The van der Waals surface area contributed by atoms with E-state index in [0.717, 1.165) is 36.0 Å². The Labute approximate surface area is 108 Å². The first-order valence-electron chi connectivity index (χ1n) is 7.57. The maximum atomic E-state index is 11.2. The van der Waals surface area contributed by atoms with Crippen LogP contribution >= 0.6 is 0 Å². The molecule has 0 aromatic carbocycles. The van der Waals surface area contributed by atoms with Crippen LogP contribution < -0.4 is 5.73 Å². The minimum absolute atomic E-state index is 0.263. The first-order chi connectivity index (χ1) is 8.58. The van der Waals surface area contributed by atoms with E-state index in [1.54, 1.807) is 0 Å². The fraction of sp³-hybridized carbons (Fsp3) is 0.933. The molecular formula is C15H23NO2. The number of fused-ring (bicyclic) bond motifs is 4. The van der Waals surface area contributed by atoms with Crippen molar-refractivity contribution in [2.75, 3.05) is 0 Å². The van der Waals surface area contributed by atoms with E-state index < -0.39 is 6.09 Å². The molecule has 1 amide bonds. The number of amides is 1. The summed E-state index contributed by atoms with van der Waals surface area (Å²) in [5.74, 6) is 5.07. The van der Waals surface area contributed by atoms with Gasteiger partial charge in [-0.25, -0.2) is 4.79 Å². The molecule has 5 aliphatic carbocycles. The average molecular weight is 249 g/mol. The minimum Gasteiger partial charge on any atom is -0.443 e. The Bertz CT molecular complexity index is 396. The molecule has 0 heterocycles. The van der Waals surface area contributed by atoms with E-state index in [1.165, 1.54) is 32.1 Å². The molecule has 5 aliphatic rings. The maximum Gasteiger partial charge on any atom is 0.405 e. The lowest BCUT2D eigenvalue weighted by atomic mass is 9.50. The molecular weight excluding hydrogens is 226 g/mol. The highest BCUT2D eigenvalue weighted by atomic mass is 16.6. The molecule has 0 aromatic heterocycles. The van der Waals surface area contributed by atoms with Crippen molar-refractivity contribution in [1.29, 1.82) is 0 Å². The molecule has 2 N–H and O–H groups in total. The summed E-state index contributed by atoms with van der Waals surface area (Å²) >= 11 is 0. The van der Waals surface area contributed by atoms with Gasteiger partial charge in [0.2, 0.25) is 0 Å². The SMILES string of the molecule is CC1(OC(N)=O)CC2CCC1C1C3CCC(C3)C21. The molecule has 4 bridgehead atoms. The number of carbonyl (C=O) groups excluding carboxylic acids is 1. The van der Waals surface area contributed by atoms with Crippen molar-refractivity contribution in [1.82, 2.24) is 0 Å². The highest BCUT2D eigenvalue weighted by molar-refractivity contribution is 5.65. The zero-order valence-corrected chi connectivity index (χ0v) is 11.1. The Balaban J connectivity index is 1.67. The number of carbonyl (C=O) groups is 1. The van der Waals surface area contributed by atoms with Gasteiger partial charge in [-0.1, -0.05) is 0 Å². The zero-order chi connectivity index (χ0) is 12.5. The number of hydrogen-bond acceptors (Lipinski definition) is 2. The lowest BCUT2D eigenvalue weighted by Crippen LogP contribution is -2.58. The Morgan fingerprint density at radius 3 is 2.50 bits per heavy atom. The van der Waals surface area contributed by atoms with Gasteiger partial charge in [0.1, 0.15) is 5.60 Å². The highest BCUT2D eigenvalue weighted by Crippen LogP contribution is 2.67. The van der Waals surface area contributed by atoms with Crippen molar-refractivity contribution >= 4 is 6.09 Å². The van der Waals surface area contributed by atoms with Crippen LogP contribution in [0.2, 0.25) is 0 Å². The molecule has 0 aliphatic heterocycles. The van der Waals surface area contributed by atoms with Gasteiger partial charge in [-0.05, 0) is 75.0 Å². The normalized spacial score (nSPS) is 56.5. The summed E-state index contributed by atoms with van der Waals surface area (Å²) < 4.78 is 5.57. The molecule has 7 unspecified atom stereocenters. The van der Waals surface area contributed by atoms with Gasteiger partial charge < -0.3 is 10.5 Å². The lowest BCUT2D eigenvalue weighted by Gasteiger charge is -2.58. The molecule has 100 valence electrons. The molecule has 18 heavy (non-hydrogen) atoms. The fourth-order valence-corrected chi connectivity index (χ4v) is 6.42. The van der Waals surface area contributed by atoms with Crippen LogP contribution in [0.1, 0.15) is 45.4 Å². The summed E-state index contributed by atoms with van der Waals surface area (Å²) in [7, 11) is 0. The van der Waals surface area contributed by atoms with Crippen LogP contribution in [-0.2, 0) is 4.74 Å². The van der Waals surface area contributed by atoms with Crippen LogP contribution in [0.15, 0.2) is 0 Å². The molecule has 0 saturated heterocycles. The van der Waals surface area contributed by atoms with E-state index in [9.17, 15) is 4.79 Å². The maximum absolute atomic E-state index is 11.2. The van der Waals surface area contributed by atoms with Crippen molar-refractivity contribution in [2.24, 2.45) is 41.2 Å². The van der Waals surface area contributed by atoms with Crippen molar-refractivity contribution in [3.05, 3.63) is 0 Å². The third kappa shape index (κ3) is 1.28. The number of ether oxygens (including phenoxy) is 1. The highest BCUT2D eigenvalue weighted by Gasteiger charge is 2.63. The number of primary amides is 1. The van der Waals surface area contributed by atoms with E-state index in [-0.39, 0.29) is 5.60 Å². The van der Waals surface area contributed by atoms with Crippen LogP contribution in [0.3, 0.4) is 0 Å². The monoisotopic (exact) mass is 249 g/mol. The van der Waals surface area contributed by atoms with Gasteiger partial charge in [-0.15, -0.1) is 0 Å². The van der Waals surface area contributed by atoms with Crippen LogP contribution in [-0.4, -0.2) is 11.7 Å². The van der Waals surface area contributed by atoms with Gasteiger partial charge in [0.25, 0.3) is 0 Å². The van der Waals surface area contributed by atoms with E-state index in [1.807, 2.05) is 0 Å². The summed E-state index contributed by atoms with van der Waals surface area (Å²) in [4.78, 5) is 11.2. The lowest BCUT2D eigenvalue weighted by molar-refractivity contribution is -0.154. The molecule has 3 heteroatoms. The third-order valence-electron chi connectivity index (χ3n) is 6.69. The van der Waals surface area contributed by atoms with Crippen molar-refractivity contribution < 1.29 is 9.53 Å². The third-order valence-corrected chi connectivity index (χ3v) is 6.69. The predicted octanol–water partition coefficient (Wildman–Crippen LogP) is 2.93. The molecule has 7 atom stereocenters. The van der Waals surface area contributed by atoms with Crippen LogP contribution in [0.4, 0.5) is 4.79 Å². The standard InChI is InChI=1S/C15H23NO2/c1-15(18-14(16)17)7-10-4-5-11(15)13-9-3-2-8(6-9)12(10)13/h8-13H,2-7H2,1H3,(H2,16,17). The van der Waals surface area contributed by atoms with E-state index in [0.29, 0.717) is 5.92 Å². The summed E-state index contributed by atoms with van der Waals surface area (Å²) in [6.07, 6.45) is 7.42. The van der Waals surface area contributed by atoms with Crippen molar-refractivity contribution in [3.63, 3.8) is 0 Å². The second-order valence-electron chi connectivity index (χ2n) is 7.37. The first-order valence-corrected chi connectivity index (χ1v) is 7.57. The number of nitrogens with two attached hydrogens (primary N) is 1. The van der Waals surface area contributed by atoms with Crippen LogP contribution in [0, 0.1) is 35.5 Å². The Morgan fingerprint density at radius 1 is 1.11 bits per heavy atom. The Morgan fingerprint density at radius 2 is 1.78 bits per heavy atom. The van der Waals surface area contributed by atoms with Crippen molar-refractivity contribution in [2.45, 2.75) is 51.0 Å². The van der Waals surface area contributed by atoms with Gasteiger partial charge in [0.05, 0.1) is 0 Å². The Hall–Kier alpha value is -0.730. The van der Waals surface area contributed by atoms with E-state index >= 15 is 0 Å². The molecule has 0 radical (unpaired) electrons. The van der Waals surface area contributed by atoms with Gasteiger partial charge in [0.15, 0.2) is 0 Å². The second-order valence-corrected chi connectivity index (χ2v) is 7.37. The van der Waals surface area contributed by atoms with E-state index in [2.05, 4.69) is 6.92 Å². The molecule has 5 rings (SSSR count). The number of hydrogen-bond donors (Lipinski definition) is 1. The second kappa shape index (κ2) is 3.43. The quantitative estimate of drug-likeness (QED) is 0.776. The summed E-state index contributed by atoms with van der Waals surface area (Å²) in [6, 6.07) is 0. The molecule has 5 saturated carbocycles. The molecule has 0 aromatic rings. The van der Waals surface area contributed by atoms with Crippen molar-refractivity contribution in [3.8, 4) is 0 Å². The van der Waals surface area contributed by atoms with Gasteiger partial charge >= 0.3 is 6.09 Å². The minimum atomic E-state index is -0.579. The van der Waals surface area contributed by atoms with E-state index in [4.69, 9.17) is 10.5 Å². The van der Waals surface area contributed by atoms with Gasteiger partial charge in [0, 0.05) is 5.92 Å². The summed E-state index contributed by atoms with van der Waals surface area (Å²) in [5, 5.41) is 0. The summed E-state index contributed by atoms with van der Waals surface area (Å²) in [6.45, 7) is 2.14. The van der Waals surface area contributed by atoms with Gasteiger partial charge in [-0.3, -0.25) is 0 Å². The largest absolute Gasteiger partial charge is 0.443 e. The fourth-order valence-electron chi connectivity index (χ4n) is 6.42. The molecule has 0 spiro atoms. The van der Waals surface area contributed by atoms with Gasteiger partial charge in [-0.2, -0.15) is 0 Å².